The molecule has 0 bridgehead atoms. The summed E-state index contributed by atoms with van der Waals surface area (Å²) in [6.45, 7) is -0.124. The highest BCUT2D eigenvalue weighted by Crippen LogP contribution is 2.41. The van der Waals surface area contributed by atoms with Gasteiger partial charge >= 0.3 is 0 Å². The second kappa shape index (κ2) is 3.63. The molecule has 7 heteroatoms. The fraction of sp³-hybridized carbons (Fsp3) is 0.500. The lowest BCUT2D eigenvalue weighted by Gasteiger charge is -2.39. The van der Waals surface area contributed by atoms with Gasteiger partial charge in [0.15, 0.2) is 11.5 Å². The van der Waals surface area contributed by atoms with Crippen LogP contribution >= 0.6 is 0 Å². The average Bonchev–Trinajstić information content (AvgIpc) is 2.73. The first kappa shape index (κ1) is 10.4. The molecule has 1 saturated carbocycles. The summed E-state index contributed by atoms with van der Waals surface area (Å²) in [5.41, 5.74) is 6.69. The van der Waals surface area contributed by atoms with Crippen molar-refractivity contribution in [1.29, 1.82) is 0 Å². The summed E-state index contributed by atoms with van der Waals surface area (Å²) in [5, 5.41) is 8.92. The Hall–Kier alpha value is -1.76. The number of rotatable bonds is 2. The van der Waals surface area contributed by atoms with Crippen molar-refractivity contribution < 1.29 is 9.50 Å². The van der Waals surface area contributed by atoms with Gasteiger partial charge in [-0.15, -0.1) is 0 Å². The number of hydrogen-bond donors (Lipinski definition) is 2. The fourth-order valence-corrected chi connectivity index (χ4v) is 2.24. The molecule has 0 amide bonds. The normalized spacial score (nSPS) is 28.2. The fourth-order valence-electron chi connectivity index (χ4n) is 2.24. The minimum absolute atomic E-state index is 0.124. The third kappa shape index (κ3) is 1.39. The monoisotopic (exact) mass is 237 g/mol. The van der Waals surface area contributed by atoms with E-state index in [-0.39, 0.29) is 18.6 Å². The van der Waals surface area contributed by atoms with E-state index in [0.717, 1.165) is 0 Å². The molecular formula is C10H12FN5O. The van der Waals surface area contributed by atoms with Crippen molar-refractivity contribution in [2.45, 2.75) is 18.6 Å². The number of nitrogens with two attached hydrogens (primary N) is 1. The van der Waals surface area contributed by atoms with Crippen molar-refractivity contribution in [2.24, 2.45) is 5.92 Å². The molecule has 0 radical (unpaired) electrons. The third-order valence-electron chi connectivity index (χ3n) is 3.34. The highest BCUT2D eigenvalue weighted by atomic mass is 19.1. The van der Waals surface area contributed by atoms with Gasteiger partial charge in [0.2, 0.25) is 0 Å². The van der Waals surface area contributed by atoms with Gasteiger partial charge in [-0.25, -0.2) is 19.3 Å². The lowest BCUT2D eigenvalue weighted by Crippen LogP contribution is -2.42. The van der Waals surface area contributed by atoms with Gasteiger partial charge < -0.3 is 15.4 Å². The Balaban J connectivity index is 2.00. The van der Waals surface area contributed by atoms with Crippen LogP contribution in [0.5, 0.6) is 0 Å². The Morgan fingerprint density at radius 3 is 3.00 bits per heavy atom. The van der Waals surface area contributed by atoms with Gasteiger partial charge in [0.05, 0.1) is 12.4 Å². The zero-order valence-corrected chi connectivity index (χ0v) is 8.99. The number of nitrogen functional groups attached to an aromatic ring is 1. The predicted octanol–water partition coefficient (Wildman–Crippen LogP) is 0.300. The molecule has 1 aliphatic rings. The molecule has 3 rings (SSSR count). The van der Waals surface area contributed by atoms with E-state index in [2.05, 4.69) is 15.0 Å². The maximum atomic E-state index is 13.8. The summed E-state index contributed by atoms with van der Waals surface area (Å²) in [6, 6.07) is -0.313. The van der Waals surface area contributed by atoms with Crippen molar-refractivity contribution in [3.05, 3.63) is 12.7 Å². The van der Waals surface area contributed by atoms with Crippen molar-refractivity contribution in [1.82, 2.24) is 19.5 Å². The first-order valence-corrected chi connectivity index (χ1v) is 5.40. The average molecular weight is 237 g/mol. The summed E-state index contributed by atoms with van der Waals surface area (Å²) in [4.78, 5) is 12.0. The highest BCUT2D eigenvalue weighted by molar-refractivity contribution is 5.81. The van der Waals surface area contributed by atoms with Crippen molar-refractivity contribution in [3.63, 3.8) is 0 Å². The van der Waals surface area contributed by atoms with Crippen molar-refractivity contribution in [2.75, 3.05) is 12.3 Å². The minimum Gasteiger partial charge on any atom is -0.396 e. The third-order valence-corrected chi connectivity index (χ3v) is 3.34. The molecule has 3 N–H and O–H groups in total. The molecule has 90 valence electrons. The van der Waals surface area contributed by atoms with Crippen LogP contribution < -0.4 is 5.73 Å². The Morgan fingerprint density at radius 1 is 1.47 bits per heavy atom. The quantitative estimate of drug-likeness (QED) is 0.784. The number of aromatic nitrogens is 4. The second-order valence-electron chi connectivity index (χ2n) is 4.27. The molecule has 0 unspecified atom stereocenters. The van der Waals surface area contributed by atoms with E-state index in [1.165, 1.54) is 12.7 Å². The molecule has 2 aromatic rings. The zero-order valence-electron chi connectivity index (χ0n) is 8.99. The van der Waals surface area contributed by atoms with Crippen molar-refractivity contribution in [3.8, 4) is 0 Å². The van der Waals surface area contributed by atoms with Gasteiger partial charge in [0.1, 0.15) is 18.0 Å². The standard InChI is InChI=1S/C10H12FN5O/c11-7-5(2-17)1-6(7)16-4-15-8-9(12)13-3-14-10(8)16/h3-7,17H,1-2H2,(H2,12,13,14)/t5-,6+,7-/m1/s1. The SMILES string of the molecule is Nc1ncnc2c1ncn2[C@H]1C[C@H](CO)[C@H]1F. The van der Waals surface area contributed by atoms with Crippen LogP contribution in [0, 0.1) is 5.92 Å². The molecule has 0 spiro atoms. The number of fused-ring (bicyclic) bond motifs is 1. The summed E-state index contributed by atoms with van der Waals surface area (Å²) in [7, 11) is 0. The van der Waals surface area contributed by atoms with Crippen LogP contribution in [0.25, 0.3) is 11.2 Å². The molecule has 0 aromatic carbocycles. The van der Waals surface area contributed by atoms with Crippen LogP contribution in [-0.2, 0) is 0 Å². The smallest absolute Gasteiger partial charge is 0.165 e. The summed E-state index contributed by atoms with van der Waals surface area (Å²) in [5.74, 6) is 0.0128. The number of halogens is 1. The van der Waals surface area contributed by atoms with Crippen molar-refractivity contribution >= 4 is 17.0 Å². The van der Waals surface area contributed by atoms with Crippen LogP contribution in [0.4, 0.5) is 10.2 Å². The van der Waals surface area contributed by atoms with E-state index >= 15 is 0 Å². The molecule has 17 heavy (non-hydrogen) atoms. The topological polar surface area (TPSA) is 89.9 Å². The highest BCUT2D eigenvalue weighted by Gasteiger charge is 2.42. The molecule has 2 aromatic heterocycles. The maximum Gasteiger partial charge on any atom is 0.165 e. The van der Waals surface area contributed by atoms with Gasteiger partial charge in [-0.2, -0.15) is 0 Å². The predicted molar refractivity (Wildman–Crippen MR) is 58.9 cm³/mol. The Bertz CT molecular complexity index is 557. The first-order valence-electron chi connectivity index (χ1n) is 5.40. The molecule has 2 heterocycles. The molecular weight excluding hydrogens is 225 g/mol. The van der Waals surface area contributed by atoms with E-state index in [9.17, 15) is 4.39 Å². The Morgan fingerprint density at radius 2 is 2.29 bits per heavy atom. The molecule has 1 aliphatic carbocycles. The molecule has 1 fully saturated rings. The van der Waals surface area contributed by atoms with Gasteiger partial charge in [-0.1, -0.05) is 0 Å². The lowest BCUT2D eigenvalue weighted by molar-refractivity contribution is 0.00326. The maximum absolute atomic E-state index is 13.8. The second-order valence-corrected chi connectivity index (χ2v) is 4.27. The van der Waals surface area contributed by atoms with Crippen LogP contribution in [0.2, 0.25) is 0 Å². The van der Waals surface area contributed by atoms with Crippen LogP contribution in [-0.4, -0.2) is 37.4 Å². The molecule has 0 aliphatic heterocycles. The van der Waals surface area contributed by atoms with E-state index in [0.29, 0.717) is 23.4 Å². The van der Waals surface area contributed by atoms with Gasteiger partial charge in [0, 0.05) is 12.5 Å². The number of nitrogens with zero attached hydrogens (tertiary/aromatic N) is 4. The Kier molecular flexibility index (Phi) is 2.22. The van der Waals surface area contributed by atoms with Crippen LogP contribution in [0.1, 0.15) is 12.5 Å². The van der Waals surface area contributed by atoms with E-state index in [1.807, 2.05) is 0 Å². The van der Waals surface area contributed by atoms with Gasteiger partial charge in [0.25, 0.3) is 0 Å². The van der Waals surface area contributed by atoms with E-state index in [4.69, 9.17) is 10.8 Å². The van der Waals surface area contributed by atoms with Gasteiger partial charge in [-0.3, -0.25) is 0 Å². The zero-order chi connectivity index (χ0) is 12.0. The minimum atomic E-state index is -1.06. The first-order chi connectivity index (χ1) is 8.22. The molecule has 0 saturated heterocycles. The number of imidazole rings is 1. The number of anilines is 1. The summed E-state index contributed by atoms with van der Waals surface area (Å²) < 4.78 is 15.4. The summed E-state index contributed by atoms with van der Waals surface area (Å²) in [6.07, 6.45) is 2.40. The molecule has 6 nitrogen and oxygen atoms in total. The number of aliphatic hydroxyl groups is 1. The van der Waals surface area contributed by atoms with E-state index in [1.54, 1.807) is 4.57 Å². The van der Waals surface area contributed by atoms with Crippen LogP contribution in [0.3, 0.4) is 0 Å². The largest absolute Gasteiger partial charge is 0.396 e. The van der Waals surface area contributed by atoms with Crippen LogP contribution in [0.15, 0.2) is 12.7 Å². The lowest BCUT2D eigenvalue weighted by atomic mass is 9.78. The number of hydrogen-bond acceptors (Lipinski definition) is 5. The van der Waals surface area contributed by atoms with Gasteiger partial charge in [-0.05, 0) is 6.42 Å². The Labute approximate surface area is 96.3 Å². The molecule has 3 atom stereocenters. The number of alkyl halides is 1. The number of aliphatic hydroxyl groups excluding tert-OH is 1. The van der Waals surface area contributed by atoms with E-state index < -0.39 is 6.17 Å². The summed E-state index contributed by atoms with van der Waals surface area (Å²) >= 11 is 0.